The molecule has 5 heteroatoms. The first kappa shape index (κ1) is 16.5. The Bertz CT molecular complexity index is 773. The van der Waals surface area contributed by atoms with E-state index in [2.05, 4.69) is 15.6 Å². The number of anilines is 1. The lowest BCUT2D eigenvalue weighted by Gasteiger charge is -2.23. The monoisotopic (exact) mass is 352 g/mol. The molecule has 25 heavy (non-hydrogen) atoms. The molecule has 2 aliphatic rings. The first-order valence-electron chi connectivity index (χ1n) is 9.29. The number of hydrogen-bond donors (Lipinski definition) is 2. The summed E-state index contributed by atoms with van der Waals surface area (Å²) in [6, 6.07) is 6.01. The van der Waals surface area contributed by atoms with Gasteiger partial charge in [0.15, 0.2) is 5.11 Å². The van der Waals surface area contributed by atoms with Crippen LogP contribution in [0.2, 0.25) is 0 Å². The third-order valence-corrected chi connectivity index (χ3v) is 5.38. The molecule has 130 valence electrons. The largest absolute Gasteiger partial charge is 0.362 e. The summed E-state index contributed by atoms with van der Waals surface area (Å²) in [5.41, 5.74) is 7.73. The Labute approximate surface area is 154 Å². The van der Waals surface area contributed by atoms with E-state index in [1.54, 1.807) is 0 Å². The Morgan fingerprint density at radius 2 is 1.76 bits per heavy atom. The van der Waals surface area contributed by atoms with Gasteiger partial charge in [-0.1, -0.05) is 6.07 Å². The van der Waals surface area contributed by atoms with Crippen LogP contribution in [0.4, 0.5) is 5.69 Å². The number of nitrogens with zero attached hydrogens (tertiary/aromatic N) is 2. The lowest BCUT2D eigenvalue weighted by atomic mass is 9.92. The fraction of sp³-hybridized carbons (Fsp3) is 0.450. The maximum atomic E-state index is 5.56. The SMILES string of the molecule is S=C(NCCc1ccccn1)Nc1c2c(nc3c1CCC3)CCCC2. The Hall–Kier alpha value is -2.01. The highest BCUT2D eigenvalue weighted by Crippen LogP contribution is 2.35. The van der Waals surface area contributed by atoms with Crippen LogP contribution in [-0.4, -0.2) is 21.6 Å². The number of aromatic nitrogens is 2. The maximum Gasteiger partial charge on any atom is 0.170 e. The van der Waals surface area contributed by atoms with Crippen LogP contribution in [0, 0.1) is 0 Å². The van der Waals surface area contributed by atoms with E-state index < -0.39 is 0 Å². The average Bonchev–Trinajstić information content (AvgIpc) is 3.11. The van der Waals surface area contributed by atoms with Gasteiger partial charge in [-0.25, -0.2) is 0 Å². The molecule has 2 aromatic rings. The van der Waals surface area contributed by atoms with Gasteiger partial charge in [0, 0.05) is 36.2 Å². The van der Waals surface area contributed by atoms with Crippen LogP contribution >= 0.6 is 12.2 Å². The second-order valence-electron chi connectivity index (χ2n) is 6.85. The molecule has 2 N–H and O–H groups in total. The second kappa shape index (κ2) is 7.48. The first-order chi connectivity index (χ1) is 12.3. The van der Waals surface area contributed by atoms with E-state index in [1.165, 1.54) is 47.5 Å². The van der Waals surface area contributed by atoms with Crippen LogP contribution in [0.15, 0.2) is 24.4 Å². The minimum atomic E-state index is 0.712. The summed E-state index contributed by atoms with van der Waals surface area (Å²) in [4.78, 5) is 9.30. The number of nitrogens with one attached hydrogen (secondary N) is 2. The molecule has 0 saturated carbocycles. The van der Waals surface area contributed by atoms with Crippen molar-refractivity contribution >= 4 is 23.0 Å². The molecule has 0 radical (unpaired) electrons. The van der Waals surface area contributed by atoms with Crippen LogP contribution in [0.1, 0.15) is 47.5 Å². The molecule has 2 aromatic heterocycles. The Morgan fingerprint density at radius 1 is 1.00 bits per heavy atom. The highest BCUT2D eigenvalue weighted by molar-refractivity contribution is 7.80. The molecule has 4 nitrogen and oxygen atoms in total. The zero-order valence-corrected chi connectivity index (χ0v) is 15.3. The molecule has 0 unspecified atom stereocenters. The highest BCUT2D eigenvalue weighted by atomic mass is 32.1. The minimum Gasteiger partial charge on any atom is -0.362 e. The number of hydrogen-bond acceptors (Lipinski definition) is 3. The molecule has 0 atom stereocenters. The first-order valence-corrected chi connectivity index (χ1v) is 9.70. The van der Waals surface area contributed by atoms with Crippen molar-refractivity contribution in [3.8, 4) is 0 Å². The van der Waals surface area contributed by atoms with Gasteiger partial charge in [0.05, 0.1) is 5.69 Å². The van der Waals surface area contributed by atoms with E-state index in [0.29, 0.717) is 5.11 Å². The van der Waals surface area contributed by atoms with E-state index in [-0.39, 0.29) is 0 Å². The van der Waals surface area contributed by atoms with E-state index in [9.17, 15) is 0 Å². The summed E-state index contributed by atoms with van der Waals surface area (Å²) in [6.45, 7) is 0.790. The van der Waals surface area contributed by atoms with Crippen LogP contribution in [0.5, 0.6) is 0 Å². The minimum absolute atomic E-state index is 0.712. The molecule has 4 rings (SSSR count). The molecule has 2 heterocycles. The van der Waals surface area contributed by atoms with Crippen molar-refractivity contribution in [1.29, 1.82) is 0 Å². The zero-order chi connectivity index (χ0) is 17.1. The van der Waals surface area contributed by atoms with Crippen molar-refractivity contribution in [2.75, 3.05) is 11.9 Å². The fourth-order valence-electron chi connectivity index (χ4n) is 3.91. The third kappa shape index (κ3) is 3.66. The number of rotatable bonds is 4. The van der Waals surface area contributed by atoms with E-state index in [4.69, 9.17) is 17.2 Å². The normalized spacial score (nSPS) is 15.4. The van der Waals surface area contributed by atoms with Crippen LogP contribution in [0.25, 0.3) is 0 Å². The summed E-state index contributed by atoms with van der Waals surface area (Å²) >= 11 is 5.56. The average molecular weight is 353 g/mol. The molecule has 0 amide bonds. The number of pyridine rings is 2. The van der Waals surface area contributed by atoms with Crippen LogP contribution in [-0.2, 0) is 32.1 Å². The van der Waals surface area contributed by atoms with Gasteiger partial charge in [-0.3, -0.25) is 9.97 Å². The lowest BCUT2D eigenvalue weighted by molar-refractivity contribution is 0.665. The van der Waals surface area contributed by atoms with Crippen molar-refractivity contribution in [3.63, 3.8) is 0 Å². The molecular formula is C20H24N4S. The van der Waals surface area contributed by atoms with Gasteiger partial charge in [0.2, 0.25) is 0 Å². The van der Waals surface area contributed by atoms with Gasteiger partial charge < -0.3 is 10.6 Å². The van der Waals surface area contributed by atoms with Gasteiger partial charge in [0.1, 0.15) is 0 Å². The number of aryl methyl sites for hydroxylation is 2. The summed E-state index contributed by atoms with van der Waals surface area (Å²) in [6.07, 6.45) is 10.9. The van der Waals surface area contributed by atoms with Crippen molar-refractivity contribution in [3.05, 3.63) is 52.6 Å². The molecule has 0 aromatic carbocycles. The van der Waals surface area contributed by atoms with Gasteiger partial charge in [0.25, 0.3) is 0 Å². The van der Waals surface area contributed by atoms with E-state index in [1.807, 2.05) is 24.4 Å². The highest BCUT2D eigenvalue weighted by Gasteiger charge is 2.24. The zero-order valence-electron chi connectivity index (χ0n) is 14.5. The summed E-state index contributed by atoms with van der Waals surface area (Å²) in [5, 5.41) is 7.57. The van der Waals surface area contributed by atoms with Crippen LogP contribution in [0.3, 0.4) is 0 Å². The standard InChI is InChI=1S/C20H24N4S/c25-20(22-13-11-14-6-3-4-12-21-14)24-19-15-7-1-2-9-17(15)23-18-10-5-8-16(18)19/h3-4,6,12H,1-2,5,7-11,13H2,(H2,22,23,24,25). The molecule has 0 fully saturated rings. The van der Waals surface area contributed by atoms with Gasteiger partial charge >= 0.3 is 0 Å². The predicted molar refractivity (Wildman–Crippen MR) is 105 cm³/mol. The Morgan fingerprint density at radius 3 is 2.56 bits per heavy atom. The van der Waals surface area contributed by atoms with Gasteiger partial charge in [-0.2, -0.15) is 0 Å². The second-order valence-corrected chi connectivity index (χ2v) is 7.26. The Kier molecular flexibility index (Phi) is 4.92. The molecule has 0 saturated heterocycles. The molecule has 0 aliphatic heterocycles. The van der Waals surface area contributed by atoms with Crippen molar-refractivity contribution < 1.29 is 0 Å². The topological polar surface area (TPSA) is 49.8 Å². The van der Waals surface area contributed by atoms with E-state index in [0.717, 1.165) is 44.3 Å². The molecule has 0 spiro atoms. The smallest absolute Gasteiger partial charge is 0.170 e. The predicted octanol–water partition coefficient (Wildman–Crippen LogP) is 3.37. The maximum absolute atomic E-state index is 5.56. The van der Waals surface area contributed by atoms with Gasteiger partial charge in [-0.05, 0) is 80.4 Å². The van der Waals surface area contributed by atoms with Crippen molar-refractivity contribution in [1.82, 2.24) is 15.3 Å². The van der Waals surface area contributed by atoms with Crippen molar-refractivity contribution in [2.45, 2.75) is 51.4 Å². The quantitative estimate of drug-likeness (QED) is 0.826. The summed E-state index contributed by atoms with van der Waals surface area (Å²) in [5.74, 6) is 0. The molecular weight excluding hydrogens is 328 g/mol. The number of fused-ring (bicyclic) bond motifs is 2. The number of thiocarbonyl (C=S) groups is 1. The van der Waals surface area contributed by atoms with Crippen LogP contribution < -0.4 is 10.6 Å². The molecule has 2 aliphatic carbocycles. The third-order valence-electron chi connectivity index (χ3n) is 5.13. The molecule has 0 bridgehead atoms. The fourth-order valence-corrected chi connectivity index (χ4v) is 4.11. The van der Waals surface area contributed by atoms with Crippen molar-refractivity contribution in [2.24, 2.45) is 0 Å². The lowest BCUT2D eigenvalue weighted by Crippen LogP contribution is -2.31. The summed E-state index contributed by atoms with van der Waals surface area (Å²) in [7, 11) is 0. The van der Waals surface area contributed by atoms with Gasteiger partial charge in [-0.15, -0.1) is 0 Å². The van der Waals surface area contributed by atoms with E-state index >= 15 is 0 Å². The Balaban J connectivity index is 1.45. The summed E-state index contributed by atoms with van der Waals surface area (Å²) < 4.78 is 0.